The average molecular weight is 268 g/mol. The van der Waals surface area contributed by atoms with Gasteiger partial charge in [0.25, 0.3) is 0 Å². The zero-order valence-corrected chi connectivity index (χ0v) is 13.2. The number of rotatable bonds is 7. The summed E-state index contributed by atoms with van der Waals surface area (Å²) in [7, 11) is 1.92. The lowest BCUT2D eigenvalue weighted by atomic mass is 9.86. The molecule has 1 unspecified atom stereocenters. The molecule has 1 amide bonds. The first-order valence-corrected chi connectivity index (χ1v) is 8.01. The van der Waals surface area contributed by atoms with Gasteiger partial charge in [-0.1, -0.05) is 26.7 Å². The van der Waals surface area contributed by atoms with E-state index in [9.17, 15) is 4.79 Å². The number of carbonyl (C=O) groups is 1. The SMILES string of the molecule is CCCC(C)CC1CCN(C(=O)C[C@H](C)NC)CC1. The van der Waals surface area contributed by atoms with Crippen molar-refractivity contribution in [3.8, 4) is 0 Å². The average Bonchev–Trinajstić information content (AvgIpc) is 2.39. The van der Waals surface area contributed by atoms with Crippen LogP contribution in [0.5, 0.6) is 0 Å². The monoisotopic (exact) mass is 268 g/mol. The summed E-state index contributed by atoms with van der Waals surface area (Å²) in [6.07, 6.45) is 7.02. The molecule has 0 aromatic carbocycles. The van der Waals surface area contributed by atoms with Gasteiger partial charge < -0.3 is 10.2 Å². The molecule has 1 heterocycles. The fourth-order valence-corrected chi connectivity index (χ4v) is 3.09. The summed E-state index contributed by atoms with van der Waals surface area (Å²) in [6, 6.07) is 0.287. The third-order valence-corrected chi connectivity index (χ3v) is 4.46. The minimum absolute atomic E-state index is 0.287. The minimum atomic E-state index is 0.287. The summed E-state index contributed by atoms with van der Waals surface area (Å²) in [5.41, 5.74) is 0. The van der Waals surface area contributed by atoms with Crippen LogP contribution in [0.3, 0.4) is 0 Å². The highest BCUT2D eigenvalue weighted by Crippen LogP contribution is 2.26. The fraction of sp³-hybridized carbons (Fsp3) is 0.938. The summed E-state index contributed by atoms with van der Waals surface area (Å²) >= 11 is 0. The highest BCUT2D eigenvalue weighted by Gasteiger charge is 2.24. The van der Waals surface area contributed by atoms with Crippen LogP contribution < -0.4 is 5.32 Å². The van der Waals surface area contributed by atoms with Gasteiger partial charge >= 0.3 is 0 Å². The Balaban J connectivity index is 2.26. The number of nitrogens with one attached hydrogen (secondary N) is 1. The molecule has 19 heavy (non-hydrogen) atoms. The highest BCUT2D eigenvalue weighted by molar-refractivity contribution is 5.76. The molecule has 0 spiro atoms. The van der Waals surface area contributed by atoms with Crippen molar-refractivity contribution in [1.29, 1.82) is 0 Å². The maximum atomic E-state index is 12.1. The Morgan fingerprint density at radius 1 is 1.32 bits per heavy atom. The lowest BCUT2D eigenvalue weighted by Crippen LogP contribution is -2.41. The number of likely N-dealkylation sites (tertiary alicyclic amines) is 1. The molecular weight excluding hydrogens is 236 g/mol. The topological polar surface area (TPSA) is 32.3 Å². The molecule has 0 bridgehead atoms. The van der Waals surface area contributed by atoms with E-state index in [1.807, 2.05) is 7.05 Å². The Labute approximate surface area is 119 Å². The van der Waals surface area contributed by atoms with Gasteiger partial charge in [-0.05, 0) is 45.1 Å². The zero-order chi connectivity index (χ0) is 14.3. The van der Waals surface area contributed by atoms with E-state index in [1.54, 1.807) is 0 Å². The first kappa shape index (κ1) is 16.5. The summed E-state index contributed by atoms with van der Waals surface area (Å²) in [5.74, 6) is 2.01. The molecule has 3 nitrogen and oxygen atoms in total. The van der Waals surface area contributed by atoms with Crippen LogP contribution in [0.15, 0.2) is 0 Å². The van der Waals surface area contributed by atoms with Gasteiger partial charge in [0.1, 0.15) is 0 Å². The molecule has 1 rings (SSSR count). The van der Waals surface area contributed by atoms with Gasteiger partial charge in [0.2, 0.25) is 5.91 Å². The number of piperidine rings is 1. The van der Waals surface area contributed by atoms with Crippen molar-refractivity contribution in [3.63, 3.8) is 0 Å². The van der Waals surface area contributed by atoms with Gasteiger partial charge in [-0.3, -0.25) is 4.79 Å². The Morgan fingerprint density at radius 3 is 2.47 bits per heavy atom. The molecule has 2 atom stereocenters. The van der Waals surface area contributed by atoms with E-state index in [4.69, 9.17) is 0 Å². The van der Waals surface area contributed by atoms with Crippen molar-refractivity contribution in [2.45, 2.75) is 65.3 Å². The van der Waals surface area contributed by atoms with E-state index in [1.165, 1.54) is 32.1 Å². The predicted molar refractivity (Wildman–Crippen MR) is 81.1 cm³/mol. The third kappa shape index (κ3) is 5.94. The van der Waals surface area contributed by atoms with Crippen LogP contribution in [0.1, 0.15) is 59.3 Å². The Morgan fingerprint density at radius 2 is 1.95 bits per heavy atom. The van der Waals surface area contributed by atoms with Gasteiger partial charge in [-0.2, -0.15) is 0 Å². The largest absolute Gasteiger partial charge is 0.343 e. The predicted octanol–water partition coefficient (Wildman–Crippen LogP) is 3.05. The quantitative estimate of drug-likeness (QED) is 0.769. The number of carbonyl (C=O) groups excluding carboxylic acids is 1. The second-order valence-electron chi connectivity index (χ2n) is 6.35. The number of amides is 1. The standard InChI is InChI=1S/C16H32N2O/c1-5-6-13(2)11-15-7-9-18(10-8-15)16(19)12-14(3)17-4/h13-15,17H,5-12H2,1-4H3/t13?,14-/m0/s1. The van der Waals surface area contributed by atoms with E-state index in [2.05, 4.69) is 31.0 Å². The van der Waals surface area contributed by atoms with E-state index >= 15 is 0 Å². The van der Waals surface area contributed by atoms with Crippen molar-refractivity contribution in [2.24, 2.45) is 11.8 Å². The maximum Gasteiger partial charge on any atom is 0.224 e. The van der Waals surface area contributed by atoms with Gasteiger partial charge in [-0.25, -0.2) is 0 Å². The van der Waals surface area contributed by atoms with Gasteiger partial charge in [-0.15, -0.1) is 0 Å². The molecular formula is C16H32N2O. The zero-order valence-electron chi connectivity index (χ0n) is 13.2. The normalized spacial score (nSPS) is 20.3. The van der Waals surface area contributed by atoms with Crippen molar-refractivity contribution >= 4 is 5.91 Å². The number of hydrogen-bond acceptors (Lipinski definition) is 2. The molecule has 1 saturated heterocycles. The number of hydrogen-bond donors (Lipinski definition) is 1. The van der Waals surface area contributed by atoms with Gasteiger partial charge in [0.15, 0.2) is 0 Å². The molecule has 1 aliphatic rings. The molecule has 0 aliphatic carbocycles. The highest BCUT2D eigenvalue weighted by atomic mass is 16.2. The van der Waals surface area contributed by atoms with Crippen molar-refractivity contribution < 1.29 is 4.79 Å². The first-order chi connectivity index (χ1) is 9.06. The van der Waals surface area contributed by atoms with E-state index in [0.29, 0.717) is 12.3 Å². The second-order valence-corrected chi connectivity index (χ2v) is 6.35. The van der Waals surface area contributed by atoms with Gasteiger partial charge in [0, 0.05) is 25.6 Å². The lowest BCUT2D eigenvalue weighted by Gasteiger charge is -2.33. The molecule has 0 radical (unpaired) electrons. The Hall–Kier alpha value is -0.570. The van der Waals surface area contributed by atoms with Crippen LogP contribution in [-0.2, 0) is 4.79 Å². The van der Waals surface area contributed by atoms with Crippen LogP contribution in [0, 0.1) is 11.8 Å². The van der Waals surface area contributed by atoms with Crippen LogP contribution in [0.4, 0.5) is 0 Å². The Kier molecular flexibility index (Phi) is 7.44. The van der Waals surface area contributed by atoms with Crippen LogP contribution in [0.25, 0.3) is 0 Å². The lowest BCUT2D eigenvalue weighted by molar-refractivity contribution is -0.133. The summed E-state index contributed by atoms with van der Waals surface area (Å²) in [5, 5.41) is 3.14. The minimum Gasteiger partial charge on any atom is -0.343 e. The van der Waals surface area contributed by atoms with E-state index in [-0.39, 0.29) is 6.04 Å². The second kappa shape index (κ2) is 8.57. The van der Waals surface area contributed by atoms with Crippen LogP contribution in [0.2, 0.25) is 0 Å². The molecule has 112 valence electrons. The molecule has 1 N–H and O–H groups in total. The van der Waals surface area contributed by atoms with Gasteiger partial charge in [0.05, 0.1) is 0 Å². The summed E-state index contributed by atoms with van der Waals surface area (Å²) in [6.45, 7) is 8.64. The number of nitrogens with zero attached hydrogens (tertiary/aromatic N) is 1. The molecule has 1 aliphatic heterocycles. The smallest absolute Gasteiger partial charge is 0.224 e. The van der Waals surface area contributed by atoms with Crippen molar-refractivity contribution in [3.05, 3.63) is 0 Å². The summed E-state index contributed by atoms with van der Waals surface area (Å²) in [4.78, 5) is 14.1. The van der Waals surface area contributed by atoms with Crippen LogP contribution in [-0.4, -0.2) is 37.0 Å². The van der Waals surface area contributed by atoms with E-state index in [0.717, 1.165) is 24.9 Å². The van der Waals surface area contributed by atoms with Crippen molar-refractivity contribution in [2.75, 3.05) is 20.1 Å². The molecule has 1 fully saturated rings. The first-order valence-electron chi connectivity index (χ1n) is 8.01. The molecule has 0 aromatic rings. The van der Waals surface area contributed by atoms with Crippen LogP contribution >= 0.6 is 0 Å². The molecule has 0 saturated carbocycles. The third-order valence-electron chi connectivity index (χ3n) is 4.46. The molecule has 3 heteroatoms. The van der Waals surface area contributed by atoms with E-state index < -0.39 is 0 Å². The summed E-state index contributed by atoms with van der Waals surface area (Å²) < 4.78 is 0. The fourth-order valence-electron chi connectivity index (χ4n) is 3.09. The maximum absolute atomic E-state index is 12.1. The Bertz CT molecular complexity index is 259. The van der Waals surface area contributed by atoms with Crippen molar-refractivity contribution in [1.82, 2.24) is 10.2 Å². The molecule has 0 aromatic heterocycles.